The van der Waals surface area contributed by atoms with Crippen LogP contribution in [0.5, 0.6) is 0 Å². The second-order valence-electron chi connectivity index (χ2n) is 6.27. The quantitative estimate of drug-likeness (QED) is 0.333. The Morgan fingerprint density at radius 1 is 1.07 bits per heavy atom. The maximum atomic E-state index is 12.6. The van der Waals surface area contributed by atoms with Gasteiger partial charge in [0, 0.05) is 36.7 Å². The van der Waals surface area contributed by atoms with E-state index in [9.17, 15) is 4.79 Å². The van der Waals surface area contributed by atoms with E-state index in [1.807, 2.05) is 65.6 Å². The Morgan fingerprint density at radius 3 is 2.73 bits per heavy atom. The number of tetrazole rings is 1. The van der Waals surface area contributed by atoms with Crippen molar-refractivity contribution in [3.63, 3.8) is 0 Å². The molecule has 0 aliphatic heterocycles. The van der Waals surface area contributed by atoms with Crippen molar-refractivity contribution >= 4 is 23.6 Å². The number of nitrogens with one attached hydrogen (secondary N) is 2. The number of rotatable bonds is 8. The number of aromatic nitrogens is 6. The summed E-state index contributed by atoms with van der Waals surface area (Å²) in [4.78, 5) is 16.9. The minimum absolute atomic E-state index is 0.146. The highest BCUT2D eigenvalue weighted by atomic mass is 32.2. The highest BCUT2D eigenvalue weighted by Crippen LogP contribution is 2.19. The molecule has 2 aromatic heterocycles. The maximum absolute atomic E-state index is 12.6. The van der Waals surface area contributed by atoms with E-state index in [1.165, 1.54) is 0 Å². The zero-order valence-electron chi connectivity index (χ0n) is 16.3. The van der Waals surface area contributed by atoms with Crippen molar-refractivity contribution in [3.8, 4) is 11.4 Å². The number of hydrogen-bond acceptors (Lipinski definition) is 7. The standard InChI is InChI=1S/C20H20N8OS/c1-30-20-23-12-13-27(20)17-9-5-6-15(14-17)18(29)21-10-11-22-19-24-25-26-28(19)16-7-3-2-4-8-16/h2-9,12-14H,10-11H2,1H3,(H,21,29)(H,22,24,26). The first-order valence-electron chi connectivity index (χ1n) is 9.30. The molecule has 0 saturated heterocycles. The van der Waals surface area contributed by atoms with Crippen molar-refractivity contribution in [2.75, 3.05) is 24.7 Å². The predicted octanol–water partition coefficient (Wildman–Crippen LogP) is 2.41. The number of amides is 1. The summed E-state index contributed by atoms with van der Waals surface area (Å²) in [6, 6.07) is 17.0. The third kappa shape index (κ3) is 4.33. The average molecular weight is 421 g/mol. The van der Waals surface area contributed by atoms with Crippen LogP contribution in [0.25, 0.3) is 11.4 Å². The topological polar surface area (TPSA) is 103 Å². The monoisotopic (exact) mass is 420 g/mol. The smallest absolute Gasteiger partial charge is 0.251 e. The molecule has 2 heterocycles. The van der Waals surface area contributed by atoms with Gasteiger partial charge in [0.05, 0.1) is 5.69 Å². The van der Waals surface area contributed by atoms with Gasteiger partial charge < -0.3 is 10.6 Å². The lowest BCUT2D eigenvalue weighted by Gasteiger charge is -2.10. The van der Waals surface area contributed by atoms with E-state index in [-0.39, 0.29) is 5.91 Å². The van der Waals surface area contributed by atoms with Gasteiger partial charge in [-0.1, -0.05) is 41.1 Å². The number of thioether (sulfide) groups is 1. The largest absolute Gasteiger partial charge is 0.351 e. The van der Waals surface area contributed by atoms with E-state index < -0.39 is 0 Å². The summed E-state index contributed by atoms with van der Waals surface area (Å²) in [5, 5.41) is 18.6. The zero-order valence-corrected chi connectivity index (χ0v) is 17.1. The molecule has 10 heteroatoms. The molecule has 9 nitrogen and oxygen atoms in total. The Balaban J connectivity index is 1.34. The molecule has 0 unspecified atom stereocenters. The minimum atomic E-state index is -0.146. The number of carbonyl (C=O) groups is 1. The van der Waals surface area contributed by atoms with Gasteiger partial charge in [0.1, 0.15) is 0 Å². The number of hydrogen-bond donors (Lipinski definition) is 2. The Labute approximate surface area is 177 Å². The second kappa shape index (κ2) is 9.23. The Morgan fingerprint density at radius 2 is 1.90 bits per heavy atom. The number of anilines is 1. The van der Waals surface area contributed by atoms with Crippen LogP contribution in [0.2, 0.25) is 0 Å². The third-order valence-electron chi connectivity index (χ3n) is 4.34. The van der Waals surface area contributed by atoms with Crippen LogP contribution in [0.1, 0.15) is 10.4 Å². The van der Waals surface area contributed by atoms with Crippen LogP contribution in [0.4, 0.5) is 5.95 Å². The lowest BCUT2D eigenvalue weighted by Crippen LogP contribution is -2.29. The van der Waals surface area contributed by atoms with Crippen LogP contribution in [0.3, 0.4) is 0 Å². The van der Waals surface area contributed by atoms with E-state index in [2.05, 4.69) is 31.1 Å². The van der Waals surface area contributed by atoms with Crippen LogP contribution in [-0.2, 0) is 0 Å². The van der Waals surface area contributed by atoms with Crippen LogP contribution >= 0.6 is 11.8 Å². The summed E-state index contributed by atoms with van der Waals surface area (Å²) in [7, 11) is 0. The van der Waals surface area contributed by atoms with Gasteiger partial charge >= 0.3 is 0 Å². The van der Waals surface area contributed by atoms with Gasteiger partial charge in [0.2, 0.25) is 5.95 Å². The molecule has 4 aromatic rings. The first kappa shape index (κ1) is 19.6. The lowest BCUT2D eigenvalue weighted by atomic mass is 10.2. The van der Waals surface area contributed by atoms with Gasteiger partial charge in [-0.3, -0.25) is 9.36 Å². The summed E-state index contributed by atoms with van der Waals surface area (Å²) in [6.07, 6.45) is 5.59. The van der Waals surface area contributed by atoms with Crippen molar-refractivity contribution in [1.82, 2.24) is 35.1 Å². The van der Waals surface area contributed by atoms with E-state index >= 15 is 0 Å². The van der Waals surface area contributed by atoms with Crippen LogP contribution in [0, 0.1) is 0 Å². The summed E-state index contributed by atoms with van der Waals surface area (Å²) in [6.45, 7) is 0.905. The molecule has 0 bridgehead atoms. The molecule has 0 saturated carbocycles. The zero-order chi connectivity index (χ0) is 20.8. The molecule has 0 fully saturated rings. The van der Waals surface area contributed by atoms with Crippen molar-refractivity contribution in [1.29, 1.82) is 0 Å². The van der Waals surface area contributed by atoms with E-state index in [4.69, 9.17) is 0 Å². The van der Waals surface area contributed by atoms with Crippen molar-refractivity contribution in [3.05, 3.63) is 72.6 Å². The number of para-hydroxylation sites is 1. The molecule has 0 aliphatic rings. The van der Waals surface area contributed by atoms with Crippen LogP contribution < -0.4 is 10.6 Å². The number of benzene rings is 2. The summed E-state index contributed by atoms with van der Waals surface area (Å²) >= 11 is 1.55. The molecule has 4 rings (SSSR count). The molecule has 2 aromatic carbocycles. The summed E-state index contributed by atoms with van der Waals surface area (Å²) in [5.74, 6) is 0.370. The van der Waals surface area contributed by atoms with Gasteiger partial charge in [-0.05, 0) is 47.0 Å². The Hall–Kier alpha value is -3.66. The third-order valence-corrected chi connectivity index (χ3v) is 5.01. The molecule has 0 spiro atoms. The molecule has 0 aliphatic carbocycles. The molecular formula is C20H20N8OS. The van der Waals surface area contributed by atoms with Gasteiger partial charge in [0.25, 0.3) is 5.91 Å². The minimum Gasteiger partial charge on any atom is -0.351 e. The van der Waals surface area contributed by atoms with Gasteiger partial charge in [-0.15, -0.1) is 0 Å². The lowest BCUT2D eigenvalue weighted by molar-refractivity contribution is 0.0955. The number of carbonyl (C=O) groups excluding carboxylic acids is 1. The van der Waals surface area contributed by atoms with E-state index in [0.29, 0.717) is 24.6 Å². The molecule has 0 atom stereocenters. The molecule has 152 valence electrons. The maximum Gasteiger partial charge on any atom is 0.251 e. The van der Waals surface area contributed by atoms with Crippen molar-refractivity contribution in [2.24, 2.45) is 0 Å². The Bertz CT molecular complexity index is 1120. The summed E-state index contributed by atoms with van der Waals surface area (Å²) < 4.78 is 3.56. The number of nitrogens with zero attached hydrogens (tertiary/aromatic N) is 6. The molecular weight excluding hydrogens is 400 g/mol. The Kier molecular flexibility index (Phi) is 6.04. The normalized spacial score (nSPS) is 10.7. The predicted molar refractivity (Wildman–Crippen MR) is 115 cm³/mol. The fourth-order valence-corrected chi connectivity index (χ4v) is 3.46. The first-order valence-corrected chi connectivity index (χ1v) is 10.5. The second-order valence-corrected chi connectivity index (χ2v) is 7.04. The van der Waals surface area contributed by atoms with Crippen molar-refractivity contribution < 1.29 is 4.79 Å². The van der Waals surface area contributed by atoms with Gasteiger partial charge in [0.15, 0.2) is 5.16 Å². The molecule has 30 heavy (non-hydrogen) atoms. The average Bonchev–Trinajstić information content (AvgIpc) is 3.46. The molecule has 0 radical (unpaired) electrons. The van der Waals surface area contributed by atoms with Crippen molar-refractivity contribution in [2.45, 2.75) is 5.16 Å². The van der Waals surface area contributed by atoms with E-state index in [0.717, 1.165) is 16.5 Å². The fourth-order valence-electron chi connectivity index (χ4n) is 2.93. The van der Waals surface area contributed by atoms with Crippen LogP contribution in [-0.4, -0.2) is 55.0 Å². The number of imidazole rings is 1. The van der Waals surface area contributed by atoms with E-state index in [1.54, 1.807) is 28.7 Å². The first-order chi connectivity index (χ1) is 14.8. The van der Waals surface area contributed by atoms with Crippen LogP contribution in [0.15, 0.2) is 72.1 Å². The summed E-state index contributed by atoms with van der Waals surface area (Å²) in [5.41, 5.74) is 2.34. The highest BCUT2D eigenvalue weighted by molar-refractivity contribution is 7.98. The van der Waals surface area contributed by atoms with Gasteiger partial charge in [-0.25, -0.2) is 4.98 Å². The van der Waals surface area contributed by atoms with Gasteiger partial charge in [-0.2, -0.15) is 4.68 Å². The molecule has 2 N–H and O–H groups in total. The fraction of sp³-hybridized carbons (Fsp3) is 0.150. The SMILES string of the molecule is CSc1nccn1-c1cccc(C(=O)NCCNc2nnnn2-c2ccccc2)c1. The highest BCUT2D eigenvalue weighted by Gasteiger charge is 2.10. The molecule has 1 amide bonds.